The summed E-state index contributed by atoms with van der Waals surface area (Å²) in [5.41, 5.74) is 7.29. The molecular formula is C33H28ClNO3. The van der Waals surface area contributed by atoms with Crippen LogP contribution in [0, 0.1) is 0 Å². The van der Waals surface area contributed by atoms with Crippen LogP contribution < -0.4 is 4.74 Å². The summed E-state index contributed by atoms with van der Waals surface area (Å²) < 4.78 is 8.21. The van der Waals surface area contributed by atoms with E-state index in [1.807, 2.05) is 84.3 Å². The second-order valence-corrected chi connectivity index (χ2v) is 9.57. The van der Waals surface area contributed by atoms with Crippen molar-refractivity contribution in [2.75, 3.05) is 0 Å². The lowest BCUT2D eigenvalue weighted by Gasteiger charge is -2.13. The number of halogens is 1. The first-order valence-electron chi connectivity index (χ1n) is 12.7. The lowest BCUT2D eigenvalue weighted by atomic mass is 9.94. The molecule has 3 aromatic carbocycles. The van der Waals surface area contributed by atoms with Crippen LogP contribution in [0.25, 0.3) is 5.52 Å². The smallest absolute Gasteiger partial charge is 0.293 e. The molecule has 0 saturated carbocycles. The zero-order chi connectivity index (χ0) is 26.5. The van der Waals surface area contributed by atoms with Crippen molar-refractivity contribution in [1.29, 1.82) is 0 Å². The quantitative estimate of drug-likeness (QED) is 0.111. The molecule has 0 aliphatic heterocycles. The third-order valence-corrected chi connectivity index (χ3v) is 7.02. The summed E-state index contributed by atoms with van der Waals surface area (Å²) >= 11 is 5.76. The van der Waals surface area contributed by atoms with Crippen LogP contribution in [0.5, 0.6) is 5.75 Å². The second kappa shape index (κ2) is 11.5. The van der Waals surface area contributed by atoms with Gasteiger partial charge in [0.05, 0.1) is 11.1 Å². The van der Waals surface area contributed by atoms with E-state index in [1.165, 1.54) is 11.1 Å². The van der Waals surface area contributed by atoms with Gasteiger partial charge in [0, 0.05) is 18.3 Å². The number of ether oxygens (including phenoxy) is 1. The van der Waals surface area contributed by atoms with Gasteiger partial charge < -0.3 is 9.14 Å². The standard InChI is InChI=1S/C33H28ClNO3/c1-2-27-28(21-26-17-10-9-16-25(26)20-23-12-5-3-6-13-23)35-19-11-18-29(31(35)30(27)32(36)33(34)37)38-22-24-14-7-4-8-15-24/h3-19H,2,20-22H2,1H3. The minimum Gasteiger partial charge on any atom is -0.487 e. The number of aromatic nitrogens is 1. The highest BCUT2D eigenvalue weighted by atomic mass is 35.5. The SMILES string of the molecule is CCc1c(C(=O)C(=O)Cl)c2c(OCc3ccccc3)cccn2c1Cc1ccccc1Cc1ccccc1. The van der Waals surface area contributed by atoms with Crippen molar-refractivity contribution in [3.05, 3.63) is 142 Å². The third kappa shape index (κ3) is 5.27. The van der Waals surface area contributed by atoms with E-state index < -0.39 is 11.0 Å². The molecule has 5 aromatic rings. The average Bonchev–Trinajstić information content (AvgIpc) is 3.27. The highest BCUT2D eigenvalue weighted by Gasteiger charge is 2.28. The molecule has 0 atom stereocenters. The van der Waals surface area contributed by atoms with Crippen LogP contribution in [-0.2, 0) is 30.7 Å². The molecule has 2 heterocycles. The highest BCUT2D eigenvalue weighted by Crippen LogP contribution is 2.34. The predicted molar refractivity (Wildman–Crippen MR) is 151 cm³/mol. The first-order chi connectivity index (χ1) is 18.6. The number of carbonyl (C=O) groups excluding carboxylic acids is 2. The highest BCUT2D eigenvalue weighted by molar-refractivity contribution is 6.83. The molecule has 4 nitrogen and oxygen atoms in total. The number of hydrogen-bond acceptors (Lipinski definition) is 3. The summed E-state index contributed by atoms with van der Waals surface area (Å²) in [6.07, 6.45) is 3.90. The van der Waals surface area contributed by atoms with Gasteiger partial charge in [-0.3, -0.25) is 9.59 Å². The number of nitrogens with zero attached hydrogens (tertiary/aromatic N) is 1. The van der Waals surface area contributed by atoms with E-state index in [0.717, 1.165) is 28.8 Å². The number of rotatable bonds is 10. The van der Waals surface area contributed by atoms with Crippen LogP contribution >= 0.6 is 11.6 Å². The number of fused-ring (bicyclic) bond motifs is 1. The van der Waals surface area contributed by atoms with E-state index in [0.29, 0.717) is 36.3 Å². The fourth-order valence-corrected chi connectivity index (χ4v) is 5.15. The number of benzene rings is 3. The molecule has 0 aliphatic carbocycles. The summed E-state index contributed by atoms with van der Waals surface area (Å²) in [4.78, 5) is 25.3. The van der Waals surface area contributed by atoms with Gasteiger partial charge in [-0.2, -0.15) is 0 Å². The molecule has 0 unspecified atom stereocenters. The van der Waals surface area contributed by atoms with Gasteiger partial charge in [0.1, 0.15) is 12.4 Å². The van der Waals surface area contributed by atoms with Crippen molar-refractivity contribution in [2.45, 2.75) is 32.8 Å². The van der Waals surface area contributed by atoms with Crippen LogP contribution in [0.2, 0.25) is 0 Å². The summed E-state index contributed by atoms with van der Waals surface area (Å²) in [5.74, 6) is -0.170. The van der Waals surface area contributed by atoms with Crippen molar-refractivity contribution in [3.8, 4) is 5.75 Å². The van der Waals surface area contributed by atoms with Crippen molar-refractivity contribution >= 4 is 28.1 Å². The molecule has 0 saturated heterocycles. The van der Waals surface area contributed by atoms with Crippen LogP contribution in [-0.4, -0.2) is 15.4 Å². The zero-order valence-electron chi connectivity index (χ0n) is 21.2. The molecule has 5 heteroatoms. The van der Waals surface area contributed by atoms with Crippen molar-refractivity contribution in [3.63, 3.8) is 0 Å². The van der Waals surface area contributed by atoms with Gasteiger partial charge in [-0.25, -0.2) is 0 Å². The molecule has 0 radical (unpaired) electrons. The Balaban J connectivity index is 1.62. The summed E-state index contributed by atoms with van der Waals surface area (Å²) in [6, 6.07) is 32.3. The number of Topliss-reactive ketones (excluding diaryl/α,β-unsaturated/α-hetero) is 1. The maximum Gasteiger partial charge on any atom is 0.293 e. The Bertz CT molecular complexity index is 1590. The molecule has 190 valence electrons. The molecule has 0 amide bonds. The Kier molecular flexibility index (Phi) is 7.71. The minimum atomic E-state index is -0.999. The monoisotopic (exact) mass is 521 g/mol. The second-order valence-electron chi connectivity index (χ2n) is 9.23. The lowest BCUT2D eigenvalue weighted by molar-refractivity contribution is -0.108. The Morgan fingerprint density at radius 2 is 1.37 bits per heavy atom. The van der Waals surface area contributed by atoms with Gasteiger partial charge in [-0.05, 0) is 64.4 Å². The normalized spacial score (nSPS) is 11.0. The Morgan fingerprint density at radius 3 is 2.00 bits per heavy atom. The minimum absolute atomic E-state index is 0.326. The zero-order valence-corrected chi connectivity index (χ0v) is 21.9. The van der Waals surface area contributed by atoms with Crippen LogP contribution in [0.1, 0.15) is 50.8 Å². The summed E-state index contributed by atoms with van der Waals surface area (Å²) in [5, 5.41) is -0.999. The van der Waals surface area contributed by atoms with Crippen molar-refractivity contribution < 1.29 is 14.3 Å². The molecule has 2 aromatic heterocycles. The Labute approximate surface area is 227 Å². The third-order valence-electron chi connectivity index (χ3n) is 6.84. The van der Waals surface area contributed by atoms with Gasteiger partial charge in [-0.15, -0.1) is 0 Å². The van der Waals surface area contributed by atoms with Gasteiger partial charge in [0.2, 0.25) is 5.78 Å². The first-order valence-corrected chi connectivity index (χ1v) is 13.1. The van der Waals surface area contributed by atoms with E-state index in [4.69, 9.17) is 16.3 Å². The Hall–Kier alpha value is -4.15. The van der Waals surface area contributed by atoms with Crippen molar-refractivity contribution in [1.82, 2.24) is 4.40 Å². The molecule has 0 aliphatic rings. The molecule has 0 spiro atoms. The number of pyridine rings is 1. The molecule has 5 rings (SSSR count). The van der Waals surface area contributed by atoms with Crippen LogP contribution in [0.4, 0.5) is 0 Å². The van der Waals surface area contributed by atoms with E-state index in [1.54, 1.807) is 0 Å². The molecule has 38 heavy (non-hydrogen) atoms. The van der Waals surface area contributed by atoms with E-state index >= 15 is 0 Å². The maximum atomic E-state index is 13.2. The Morgan fingerprint density at radius 1 is 0.763 bits per heavy atom. The predicted octanol–water partition coefficient (Wildman–Crippen LogP) is 7.21. The average molecular weight is 522 g/mol. The maximum absolute atomic E-state index is 13.2. The number of carbonyl (C=O) groups is 2. The summed E-state index contributed by atoms with van der Waals surface area (Å²) in [7, 11) is 0. The van der Waals surface area contributed by atoms with Gasteiger partial charge in [-0.1, -0.05) is 91.9 Å². The largest absolute Gasteiger partial charge is 0.487 e. The fourth-order valence-electron chi connectivity index (χ4n) is 5.06. The lowest BCUT2D eigenvalue weighted by Crippen LogP contribution is -2.10. The molecular weight excluding hydrogens is 494 g/mol. The van der Waals surface area contributed by atoms with E-state index in [-0.39, 0.29) is 0 Å². The van der Waals surface area contributed by atoms with Gasteiger partial charge in [0.25, 0.3) is 5.24 Å². The van der Waals surface area contributed by atoms with Gasteiger partial charge in [0.15, 0.2) is 0 Å². The molecule has 0 fully saturated rings. The first kappa shape index (κ1) is 25.5. The number of ketones is 1. The summed E-state index contributed by atoms with van der Waals surface area (Å²) in [6.45, 7) is 2.33. The molecule has 0 N–H and O–H groups in total. The van der Waals surface area contributed by atoms with E-state index in [9.17, 15) is 9.59 Å². The van der Waals surface area contributed by atoms with Crippen LogP contribution in [0.15, 0.2) is 103 Å². The number of hydrogen-bond donors (Lipinski definition) is 0. The van der Waals surface area contributed by atoms with E-state index in [2.05, 4.69) is 30.3 Å². The topological polar surface area (TPSA) is 47.8 Å². The molecule has 0 bridgehead atoms. The van der Waals surface area contributed by atoms with Crippen LogP contribution in [0.3, 0.4) is 0 Å². The van der Waals surface area contributed by atoms with Gasteiger partial charge >= 0.3 is 0 Å². The fraction of sp³-hybridized carbons (Fsp3) is 0.152. The van der Waals surface area contributed by atoms with Crippen molar-refractivity contribution in [2.24, 2.45) is 0 Å².